The zero-order valence-electron chi connectivity index (χ0n) is 11.0. The summed E-state index contributed by atoms with van der Waals surface area (Å²) in [5.74, 6) is 0.158. The summed E-state index contributed by atoms with van der Waals surface area (Å²) in [4.78, 5) is 18.5. The monoisotopic (exact) mass is 262 g/mol. The van der Waals surface area contributed by atoms with Gasteiger partial charge in [-0.2, -0.15) is 0 Å². The van der Waals surface area contributed by atoms with Gasteiger partial charge in [0.05, 0.1) is 12.8 Å². The van der Waals surface area contributed by atoms with Crippen LogP contribution in [0.1, 0.15) is 25.5 Å². The molecule has 4 nitrogen and oxygen atoms in total. The van der Waals surface area contributed by atoms with Crippen LogP contribution in [0.5, 0.6) is 5.75 Å². The zero-order valence-corrected chi connectivity index (χ0v) is 11.0. The summed E-state index contributed by atoms with van der Waals surface area (Å²) in [5.41, 5.74) is 0.942. The third kappa shape index (κ3) is 2.81. The SMILES string of the molecule is COc1ccc(-c2nc(C(C)C)cc(=O)[nH]2)cc1F. The van der Waals surface area contributed by atoms with E-state index in [9.17, 15) is 9.18 Å². The second kappa shape index (κ2) is 5.22. The Morgan fingerprint density at radius 3 is 2.63 bits per heavy atom. The first-order valence-electron chi connectivity index (χ1n) is 5.96. The maximum Gasteiger partial charge on any atom is 0.251 e. The van der Waals surface area contributed by atoms with Crippen molar-refractivity contribution < 1.29 is 9.13 Å². The van der Waals surface area contributed by atoms with Crippen LogP contribution in [0.15, 0.2) is 29.1 Å². The molecule has 0 atom stereocenters. The Kier molecular flexibility index (Phi) is 3.64. The average molecular weight is 262 g/mol. The van der Waals surface area contributed by atoms with Gasteiger partial charge in [-0.25, -0.2) is 9.37 Å². The van der Waals surface area contributed by atoms with Crippen molar-refractivity contribution in [1.82, 2.24) is 9.97 Å². The molecule has 1 aromatic carbocycles. The summed E-state index contributed by atoms with van der Waals surface area (Å²) in [5, 5.41) is 0. The molecular weight excluding hydrogens is 247 g/mol. The largest absolute Gasteiger partial charge is 0.494 e. The molecule has 0 saturated carbocycles. The number of benzene rings is 1. The molecule has 5 heteroatoms. The van der Waals surface area contributed by atoms with Gasteiger partial charge < -0.3 is 9.72 Å². The summed E-state index contributed by atoms with van der Waals surface area (Å²) in [6, 6.07) is 5.91. The van der Waals surface area contributed by atoms with Crippen LogP contribution in [0.4, 0.5) is 4.39 Å². The zero-order chi connectivity index (χ0) is 14.0. The van der Waals surface area contributed by atoms with Gasteiger partial charge >= 0.3 is 0 Å². The van der Waals surface area contributed by atoms with Crippen LogP contribution >= 0.6 is 0 Å². The molecule has 0 fully saturated rings. The lowest BCUT2D eigenvalue weighted by atomic mass is 10.1. The molecule has 0 amide bonds. The lowest BCUT2D eigenvalue weighted by molar-refractivity contribution is 0.386. The van der Waals surface area contributed by atoms with Gasteiger partial charge in [0, 0.05) is 11.6 Å². The van der Waals surface area contributed by atoms with E-state index < -0.39 is 5.82 Å². The highest BCUT2D eigenvalue weighted by atomic mass is 19.1. The summed E-state index contributed by atoms with van der Waals surface area (Å²) in [7, 11) is 1.40. The molecule has 1 heterocycles. The number of aromatic amines is 1. The topological polar surface area (TPSA) is 55.0 Å². The molecule has 0 aliphatic rings. The maximum absolute atomic E-state index is 13.7. The molecule has 2 aromatic rings. The Balaban J connectivity index is 2.52. The van der Waals surface area contributed by atoms with Crippen molar-refractivity contribution >= 4 is 0 Å². The number of methoxy groups -OCH3 is 1. The van der Waals surface area contributed by atoms with Gasteiger partial charge in [0.2, 0.25) is 0 Å². The van der Waals surface area contributed by atoms with E-state index >= 15 is 0 Å². The van der Waals surface area contributed by atoms with Gasteiger partial charge in [-0.1, -0.05) is 13.8 Å². The number of rotatable bonds is 3. The first-order chi connectivity index (χ1) is 9.01. The minimum absolute atomic E-state index is 0.129. The van der Waals surface area contributed by atoms with E-state index in [1.807, 2.05) is 13.8 Å². The Bertz CT molecular complexity index is 650. The molecule has 0 aliphatic carbocycles. The fourth-order valence-electron chi connectivity index (χ4n) is 1.72. The minimum atomic E-state index is -0.488. The molecule has 1 aromatic heterocycles. The second-order valence-electron chi connectivity index (χ2n) is 4.52. The number of halogens is 1. The predicted octanol–water partition coefficient (Wildman–Crippen LogP) is 2.71. The minimum Gasteiger partial charge on any atom is -0.494 e. The molecule has 19 heavy (non-hydrogen) atoms. The number of H-pyrrole nitrogens is 1. The van der Waals surface area contributed by atoms with Gasteiger partial charge in [-0.15, -0.1) is 0 Å². The highest BCUT2D eigenvalue weighted by molar-refractivity contribution is 5.56. The van der Waals surface area contributed by atoms with Crippen LogP contribution < -0.4 is 10.3 Å². The molecule has 1 N–H and O–H groups in total. The number of ether oxygens (including phenoxy) is 1. The summed E-state index contributed by atoms with van der Waals surface area (Å²) in [6.07, 6.45) is 0. The van der Waals surface area contributed by atoms with E-state index in [0.29, 0.717) is 17.1 Å². The van der Waals surface area contributed by atoms with Crippen LogP contribution in [0.2, 0.25) is 0 Å². The van der Waals surface area contributed by atoms with Gasteiger partial charge in [0.1, 0.15) is 5.82 Å². The Labute approximate surface area is 110 Å². The molecule has 0 unspecified atom stereocenters. The number of hydrogen-bond acceptors (Lipinski definition) is 3. The molecule has 100 valence electrons. The average Bonchev–Trinajstić information content (AvgIpc) is 2.37. The van der Waals surface area contributed by atoms with E-state index in [1.165, 1.54) is 25.3 Å². The van der Waals surface area contributed by atoms with Gasteiger partial charge in [0.15, 0.2) is 11.6 Å². The molecule has 0 saturated heterocycles. The van der Waals surface area contributed by atoms with E-state index in [-0.39, 0.29) is 17.2 Å². The van der Waals surface area contributed by atoms with Crippen LogP contribution in [0.3, 0.4) is 0 Å². The fraction of sp³-hybridized carbons (Fsp3) is 0.286. The normalized spacial score (nSPS) is 10.8. The quantitative estimate of drug-likeness (QED) is 0.925. The highest BCUT2D eigenvalue weighted by Gasteiger charge is 2.10. The van der Waals surface area contributed by atoms with Crippen LogP contribution in [-0.2, 0) is 0 Å². The Morgan fingerprint density at radius 1 is 1.32 bits per heavy atom. The molecule has 0 spiro atoms. The van der Waals surface area contributed by atoms with Crippen molar-refractivity contribution in [2.24, 2.45) is 0 Å². The van der Waals surface area contributed by atoms with Crippen molar-refractivity contribution in [3.8, 4) is 17.1 Å². The van der Waals surface area contributed by atoms with Crippen molar-refractivity contribution in [1.29, 1.82) is 0 Å². The second-order valence-corrected chi connectivity index (χ2v) is 4.52. The lowest BCUT2D eigenvalue weighted by Crippen LogP contribution is -2.11. The number of hydrogen-bond donors (Lipinski definition) is 1. The summed E-state index contributed by atoms with van der Waals surface area (Å²) in [6.45, 7) is 3.89. The third-order valence-electron chi connectivity index (χ3n) is 2.78. The summed E-state index contributed by atoms with van der Waals surface area (Å²) >= 11 is 0. The molecular formula is C14H15FN2O2. The van der Waals surface area contributed by atoms with Crippen molar-refractivity contribution in [2.75, 3.05) is 7.11 Å². The number of nitrogens with zero attached hydrogens (tertiary/aromatic N) is 1. The van der Waals surface area contributed by atoms with E-state index in [2.05, 4.69) is 9.97 Å². The first kappa shape index (κ1) is 13.3. The fourth-order valence-corrected chi connectivity index (χ4v) is 1.72. The lowest BCUT2D eigenvalue weighted by Gasteiger charge is -2.08. The standard InChI is InChI=1S/C14H15FN2O2/c1-8(2)11-7-13(18)17-14(16-11)9-4-5-12(19-3)10(15)6-9/h4-8H,1-3H3,(H,16,17,18). The van der Waals surface area contributed by atoms with Crippen LogP contribution in [0, 0.1) is 5.82 Å². The molecule has 0 radical (unpaired) electrons. The molecule has 0 bridgehead atoms. The van der Waals surface area contributed by atoms with E-state index in [0.717, 1.165) is 0 Å². The van der Waals surface area contributed by atoms with E-state index in [1.54, 1.807) is 6.07 Å². The Hall–Kier alpha value is -2.17. The molecule has 0 aliphatic heterocycles. The number of nitrogens with one attached hydrogen (secondary N) is 1. The van der Waals surface area contributed by atoms with Crippen LogP contribution in [0.25, 0.3) is 11.4 Å². The Morgan fingerprint density at radius 2 is 2.05 bits per heavy atom. The first-order valence-corrected chi connectivity index (χ1v) is 5.96. The highest BCUT2D eigenvalue weighted by Crippen LogP contribution is 2.23. The van der Waals surface area contributed by atoms with Gasteiger partial charge in [-0.05, 0) is 24.1 Å². The van der Waals surface area contributed by atoms with Crippen molar-refractivity contribution in [3.63, 3.8) is 0 Å². The maximum atomic E-state index is 13.7. The summed E-state index contributed by atoms with van der Waals surface area (Å²) < 4.78 is 18.5. The van der Waals surface area contributed by atoms with Crippen molar-refractivity contribution in [3.05, 3.63) is 46.1 Å². The van der Waals surface area contributed by atoms with Gasteiger partial charge in [0.25, 0.3) is 5.56 Å². The third-order valence-corrected chi connectivity index (χ3v) is 2.78. The number of aromatic nitrogens is 2. The molecule has 2 rings (SSSR count). The van der Waals surface area contributed by atoms with Crippen LogP contribution in [-0.4, -0.2) is 17.1 Å². The van der Waals surface area contributed by atoms with Crippen molar-refractivity contribution in [2.45, 2.75) is 19.8 Å². The van der Waals surface area contributed by atoms with E-state index in [4.69, 9.17) is 4.74 Å². The van der Waals surface area contributed by atoms with Gasteiger partial charge in [-0.3, -0.25) is 4.79 Å². The predicted molar refractivity (Wildman–Crippen MR) is 70.9 cm³/mol. The smallest absolute Gasteiger partial charge is 0.251 e.